The SMILES string of the molecule is NCCN(CCC(=O)O)Cc1cccnc1. The van der Waals surface area contributed by atoms with E-state index in [1.807, 2.05) is 17.0 Å². The predicted octanol–water partition coefficient (Wildman–Crippen LogP) is 0.317. The van der Waals surface area contributed by atoms with Gasteiger partial charge in [-0.05, 0) is 11.6 Å². The van der Waals surface area contributed by atoms with Gasteiger partial charge in [0, 0.05) is 38.6 Å². The highest BCUT2D eigenvalue weighted by Crippen LogP contribution is 2.03. The molecule has 16 heavy (non-hydrogen) atoms. The van der Waals surface area contributed by atoms with Crippen molar-refractivity contribution in [1.29, 1.82) is 0 Å². The summed E-state index contributed by atoms with van der Waals surface area (Å²) >= 11 is 0. The topological polar surface area (TPSA) is 79.5 Å². The quantitative estimate of drug-likeness (QED) is 0.695. The van der Waals surface area contributed by atoms with E-state index in [0.717, 1.165) is 5.56 Å². The second kappa shape index (κ2) is 6.92. The van der Waals surface area contributed by atoms with Gasteiger partial charge in [-0.15, -0.1) is 0 Å². The zero-order valence-electron chi connectivity index (χ0n) is 9.17. The molecule has 0 atom stereocenters. The first-order valence-electron chi connectivity index (χ1n) is 5.25. The Morgan fingerprint density at radius 2 is 2.31 bits per heavy atom. The molecule has 0 fully saturated rings. The van der Waals surface area contributed by atoms with E-state index in [-0.39, 0.29) is 6.42 Å². The summed E-state index contributed by atoms with van der Waals surface area (Å²) in [5, 5.41) is 8.63. The van der Waals surface area contributed by atoms with Crippen molar-refractivity contribution < 1.29 is 9.90 Å². The fraction of sp³-hybridized carbons (Fsp3) is 0.455. The molecule has 0 radical (unpaired) electrons. The lowest BCUT2D eigenvalue weighted by molar-refractivity contribution is -0.137. The monoisotopic (exact) mass is 223 g/mol. The Bertz CT molecular complexity index is 316. The summed E-state index contributed by atoms with van der Waals surface area (Å²) in [4.78, 5) is 16.5. The Morgan fingerprint density at radius 1 is 1.50 bits per heavy atom. The van der Waals surface area contributed by atoms with E-state index in [9.17, 15) is 4.79 Å². The van der Waals surface area contributed by atoms with E-state index in [2.05, 4.69) is 4.98 Å². The van der Waals surface area contributed by atoms with Crippen LogP contribution in [-0.2, 0) is 11.3 Å². The average Bonchev–Trinajstić information content (AvgIpc) is 2.27. The highest BCUT2D eigenvalue weighted by atomic mass is 16.4. The molecule has 1 heterocycles. The van der Waals surface area contributed by atoms with E-state index in [4.69, 9.17) is 10.8 Å². The van der Waals surface area contributed by atoms with Crippen LogP contribution >= 0.6 is 0 Å². The molecule has 0 spiro atoms. The van der Waals surface area contributed by atoms with E-state index >= 15 is 0 Å². The largest absolute Gasteiger partial charge is 0.481 e. The molecule has 88 valence electrons. The molecule has 0 aliphatic heterocycles. The molecular formula is C11H17N3O2. The van der Waals surface area contributed by atoms with Crippen LogP contribution in [0.1, 0.15) is 12.0 Å². The van der Waals surface area contributed by atoms with Crippen molar-refractivity contribution in [3.8, 4) is 0 Å². The maximum absolute atomic E-state index is 10.5. The summed E-state index contributed by atoms with van der Waals surface area (Å²) in [6, 6.07) is 3.84. The third kappa shape index (κ3) is 4.86. The second-order valence-corrected chi connectivity index (χ2v) is 3.57. The van der Waals surface area contributed by atoms with E-state index in [1.54, 1.807) is 12.4 Å². The lowest BCUT2D eigenvalue weighted by Gasteiger charge is -2.20. The number of carboxylic acids is 1. The van der Waals surface area contributed by atoms with Crippen molar-refractivity contribution in [1.82, 2.24) is 9.88 Å². The number of rotatable bonds is 7. The molecule has 5 heteroatoms. The van der Waals surface area contributed by atoms with Gasteiger partial charge in [0.1, 0.15) is 0 Å². The number of carboxylic acid groups (broad SMARTS) is 1. The maximum Gasteiger partial charge on any atom is 0.304 e. The summed E-state index contributed by atoms with van der Waals surface area (Å²) < 4.78 is 0. The number of hydrogen-bond acceptors (Lipinski definition) is 4. The predicted molar refractivity (Wildman–Crippen MR) is 60.8 cm³/mol. The van der Waals surface area contributed by atoms with Crippen LogP contribution in [0.25, 0.3) is 0 Å². The normalized spacial score (nSPS) is 10.6. The van der Waals surface area contributed by atoms with Gasteiger partial charge in [-0.3, -0.25) is 14.7 Å². The number of aliphatic carboxylic acids is 1. The molecule has 1 aromatic rings. The smallest absolute Gasteiger partial charge is 0.304 e. The van der Waals surface area contributed by atoms with Crippen molar-refractivity contribution in [3.05, 3.63) is 30.1 Å². The molecule has 0 saturated heterocycles. The van der Waals surface area contributed by atoms with Crippen LogP contribution in [0, 0.1) is 0 Å². The molecule has 3 N–H and O–H groups in total. The van der Waals surface area contributed by atoms with Crippen LogP contribution in [0.3, 0.4) is 0 Å². The van der Waals surface area contributed by atoms with Crippen LogP contribution < -0.4 is 5.73 Å². The zero-order chi connectivity index (χ0) is 11.8. The minimum Gasteiger partial charge on any atom is -0.481 e. The van der Waals surface area contributed by atoms with Gasteiger partial charge in [0.25, 0.3) is 0 Å². The summed E-state index contributed by atoms with van der Waals surface area (Å²) in [5.41, 5.74) is 6.56. The number of nitrogens with two attached hydrogens (primary N) is 1. The first-order chi connectivity index (χ1) is 7.72. The molecule has 0 aliphatic rings. The van der Waals surface area contributed by atoms with Gasteiger partial charge in [-0.1, -0.05) is 6.07 Å². The van der Waals surface area contributed by atoms with Gasteiger partial charge in [0.2, 0.25) is 0 Å². The van der Waals surface area contributed by atoms with Gasteiger partial charge in [0.05, 0.1) is 6.42 Å². The van der Waals surface area contributed by atoms with Crippen molar-refractivity contribution in [2.75, 3.05) is 19.6 Å². The Balaban J connectivity index is 2.47. The number of nitrogens with zero attached hydrogens (tertiary/aromatic N) is 2. The van der Waals surface area contributed by atoms with Crippen LogP contribution in [-0.4, -0.2) is 40.6 Å². The van der Waals surface area contributed by atoms with Gasteiger partial charge < -0.3 is 10.8 Å². The summed E-state index contributed by atoms with van der Waals surface area (Å²) in [6.07, 6.45) is 3.64. The van der Waals surface area contributed by atoms with E-state index < -0.39 is 5.97 Å². The standard InChI is InChI=1S/C11H17N3O2/c12-4-7-14(6-3-11(15)16)9-10-2-1-5-13-8-10/h1-2,5,8H,3-4,6-7,9,12H2,(H,15,16). The average molecular weight is 223 g/mol. The molecule has 1 rings (SSSR count). The molecule has 0 aliphatic carbocycles. The molecule has 0 saturated carbocycles. The number of aromatic nitrogens is 1. The zero-order valence-corrected chi connectivity index (χ0v) is 9.17. The number of hydrogen-bond donors (Lipinski definition) is 2. The van der Waals surface area contributed by atoms with Crippen LogP contribution in [0.15, 0.2) is 24.5 Å². The van der Waals surface area contributed by atoms with E-state index in [0.29, 0.717) is 26.2 Å². The Morgan fingerprint density at radius 3 is 2.88 bits per heavy atom. The first kappa shape index (κ1) is 12.6. The van der Waals surface area contributed by atoms with E-state index in [1.165, 1.54) is 0 Å². The van der Waals surface area contributed by atoms with Crippen LogP contribution in [0.4, 0.5) is 0 Å². The van der Waals surface area contributed by atoms with Crippen LogP contribution in [0.5, 0.6) is 0 Å². The summed E-state index contributed by atoms with van der Waals surface area (Å²) in [6.45, 7) is 2.43. The molecule has 0 amide bonds. The summed E-state index contributed by atoms with van der Waals surface area (Å²) in [5.74, 6) is -0.784. The Kier molecular flexibility index (Phi) is 5.45. The third-order valence-electron chi connectivity index (χ3n) is 2.22. The fourth-order valence-electron chi connectivity index (χ4n) is 1.46. The highest BCUT2D eigenvalue weighted by molar-refractivity contribution is 5.66. The van der Waals surface area contributed by atoms with Crippen molar-refractivity contribution in [2.45, 2.75) is 13.0 Å². The Labute approximate surface area is 94.9 Å². The molecule has 0 bridgehead atoms. The fourth-order valence-corrected chi connectivity index (χ4v) is 1.46. The lowest BCUT2D eigenvalue weighted by atomic mass is 10.2. The minimum absolute atomic E-state index is 0.139. The minimum atomic E-state index is -0.784. The summed E-state index contributed by atoms with van der Waals surface area (Å²) in [7, 11) is 0. The molecule has 0 unspecified atom stereocenters. The van der Waals surface area contributed by atoms with Crippen molar-refractivity contribution in [3.63, 3.8) is 0 Å². The van der Waals surface area contributed by atoms with Gasteiger partial charge >= 0.3 is 5.97 Å². The first-order valence-corrected chi connectivity index (χ1v) is 5.25. The Hall–Kier alpha value is -1.46. The van der Waals surface area contributed by atoms with Crippen molar-refractivity contribution in [2.24, 2.45) is 5.73 Å². The molecule has 5 nitrogen and oxygen atoms in total. The van der Waals surface area contributed by atoms with Gasteiger partial charge in [-0.25, -0.2) is 0 Å². The maximum atomic E-state index is 10.5. The molecule has 0 aromatic carbocycles. The third-order valence-corrected chi connectivity index (χ3v) is 2.22. The number of carbonyl (C=O) groups is 1. The number of pyridine rings is 1. The van der Waals surface area contributed by atoms with Crippen LogP contribution in [0.2, 0.25) is 0 Å². The highest BCUT2D eigenvalue weighted by Gasteiger charge is 2.07. The molecule has 1 aromatic heterocycles. The lowest BCUT2D eigenvalue weighted by Crippen LogP contribution is -2.31. The van der Waals surface area contributed by atoms with Crippen molar-refractivity contribution >= 4 is 5.97 Å². The van der Waals surface area contributed by atoms with Gasteiger partial charge in [-0.2, -0.15) is 0 Å². The molecular weight excluding hydrogens is 206 g/mol. The van der Waals surface area contributed by atoms with Gasteiger partial charge in [0.15, 0.2) is 0 Å². The second-order valence-electron chi connectivity index (χ2n) is 3.57.